The number of hydrogen-bond acceptors (Lipinski definition) is 2. The van der Waals surface area contributed by atoms with Crippen LogP contribution in [-0.4, -0.2) is 11.6 Å². The van der Waals surface area contributed by atoms with Crippen LogP contribution >= 0.6 is 0 Å². The van der Waals surface area contributed by atoms with Gasteiger partial charge in [-0.3, -0.25) is 0 Å². The van der Waals surface area contributed by atoms with Crippen LogP contribution in [0.2, 0.25) is 0 Å². The Bertz CT molecular complexity index is 674. The van der Waals surface area contributed by atoms with Crippen molar-refractivity contribution in [2.75, 3.05) is 7.05 Å². The highest BCUT2D eigenvalue weighted by Crippen LogP contribution is 2.40. The smallest absolute Gasteiger partial charge is 0.0991 e. The molecular weight excluding hydrogens is 258 g/mol. The number of nitriles is 1. The van der Waals surface area contributed by atoms with Gasteiger partial charge in [-0.2, -0.15) is 5.26 Å². The molecule has 0 amide bonds. The first-order chi connectivity index (χ1) is 10.2. The van der Waals surface area contributed by atoms with E-state index in [2.05, 4.69) is 47.4 Å². The Labute approximate surface area is 126 Å². The predicted molar refractivity (Wildman–Crippen MR) is 84.0 cm³/mol. The summed E-state index contributed by atoms with van der Waals surface area (Å²) in [5.41, 5.74) is 4.56. The number of hydrogen-bond donors (Lipinski definition) is 1. The molecule has 2 aromatic rings. The molecule has 0 radical (unpaired) electrons. The van der Waals surface area contributed by atoms with Gasteiger partial charge in [0.1, 0.15) is 0 Å². The fourth-order valence-electron chi connectivity index (χ4n) is 2.99. The highest BCUT2D eigenvalue weighted by Gasteiger charge is 2.31. The molecule has 3 rings (SSSR count). The first kappa shape index (κ1) is 13.9. The van der Waals surface area contributed by atoms with E-state index in [1.165, 1.54) is 29.5 Å². The molecular formula is C18H21N3. The van der Waals surface area contributed by atoms with E-state index in [1.807, 2.05) is 19.2 Å². The minimum atomic E-state index is 0.494. The highest BCUT2D eigenvalue weighted by molar-refractivity contribution is 5.37. The molecule has 1 aromatic heterocycles. The number of aromatic nitrogens is 1. The van der Waals surface area contributed by atoms with Crippen LogP contribution in [0.4, 0.5) is 0 Å². The number of rotatable bonds is 5. The summed E-state index contributed by atoms with van der Waals surface area (Å²) in [6.07, 6.45) is 7.08. The number of benzene rings is 1. The van der Waals surface area contributed by atoms with E-state index in [4.69, 9.17) is 5.26 Å². The number of nitrogens with zero attached hydrogens (tertiary/aromatic N) is 2. The molecule has 0 bridgehead atoms. The zero-order valence-corrected chi connectivity index (χ0v) is 12.6. The van der Waals surface area contributed by atoms with Crippen molar-refractivity contribution in [1.29, 1.82) is 5.26 Å². The molecule has 3 nitrogen and oxygen atoms in total. The van der Waals surface area contributed by atoms with E-state index < -0.39 is 0 Å². The quantitative estimate of drug-likeness (QED) is 0.911. The first-order valence-electron chi connectivity index (χ1n) is 7.54. The van der Waals surface area contributed by atoms with Crippen LogP contribution < -0.4 is 5.32 Å². The minimum Gasteiger partial charge on any atom is -0.350 e. The van der Waals surface area contributed by atoms with E-state index in [-0.39, 0.29) is 0 Å². The van der Waals surface area contributed by atoms with E-state index in [1.54, 1.807) is 0 Å². The molecule has 3 heteroatoms. The first-order valence-corrected chi connectivity index (χ1v) is 7.54. The summed E-state index contributed by atoms with van der Waals surface area (Å²) < 4.78 is 2.23. The zero-order valence-electron chi connectivity index (χ0n) is 12.6. The molecule has 1 atom stereocenters. The lowest BCUT2D eigenvalue weighted by Crippen LogP contribution is -2.17. The van der Waals surface area contributed by atoms with Crippen LogP contribution in [0, 0.1) is 24.2 Å². The van der Waals surface area contributed by atoms with Crippen LogP contribution in [0.15, 0.2) is 36.7 Å². The normalized spacial score (nSPS) is 15.7. The van der Waals surface area contributed by atoms with Crippen molar-refractivity contribution in [3.05, 3.63) is 58.9 Å². The third-order valence-corrected chi connectivity index (χ3v) is 4.36. The molecule has 1 heterocycles. The van der Waals surface area contributed by atoms with Gasteiger partial charge >= 0.3 is 0 Å². The van der Waals surface area contributed by atoms with E-state index in [9.17, 15) is 0 Å². The monoisotopic (exact) mass is 279 g/mol. The van der Waals surface area contributed by atoms with E-state index in [0.29, 0.717) is 6.04 Å². The molecule has 0 spiro atoms. The molecule has 1 fully saturated rings. The van der Waals surface area contributed by atoms with Crippen LogP contribution in [0.5, 0.6) is 0 Å². The average Bonchev–Trinajstić information content (AvgIpc) is 3.22. The Morgan fingerprint density at radius 1 is 1.38 bits per heavy atom. The second kappa shape index (κ2) is 5.75. The van der Waals surface area contributed by atoms with Crippen molar-refractivity contribution in [1.82, 2.24) is 9.88 Å². The summed E-state index contributed by atoms with van der Waals surface area (Å²) in [5.74, 6) is 0.808. The summed E-state index contributed by atoms with van der Waals surface area (Å²) in [6, 6.07) is 10.8. The maximum Gasteiger partial charge on any atom is 0.0991 e. The van der Waals surface area contributed by atoms with Crippen LogP contribution in [-0.2, 0) is 6.54 Å². The SMILES string of the molecule is CNC(c1ccn(Cc2ccc(C#N)cc2C)c1)C1CC1. The lowest BCUT2D eigenvalue weighted by atomic mass is 10.1. The highest BCUT2D eigenvalue weighted by atomic mass is 15.0. The van der Waals surface area contributed by atoms with Gasteiger partial charge in [-0.25, -0.2) is 0 Å². The maximum absolute atomic E-state index is 8.93. The zero-order chi connectivity index (χ0) is 14.8. The summed E-state index contributed by atoms with van der Waals surface area (Å²) in [7, 11) is 2.05. The van der Waals surface area contributed by atoms with Gasteiger partial charge < -0.3 is 9.88 Å². The second-order valence-electron chi connectivity index (χ2n) is 5.97. The van der Waals surface area contributed by atoms with Gasteiger partial charge in [-0.1, -0.05) is 6.07 Å². The van der Waals surface area contributed by atoms with Gasteiger partial charge in [0.25, 0.3) is 0 Å². The minimum absolute atomic E-state index is 0.494. The predicted octanol–water partition coefficient (Wildman–Crippen LogP) is 3.39. The van der Waals surface area contributed by atoms with Crippen molar-refractivity contribution < 1.29 is 0 Å². The molecule has 0 saturated heterocycles. The molecule has 1 aromatic carbocycles. The van der Waals surface area contributed by atoms with Crippen molar-refractivity contribution >= 4 is 0 Å². The molecule has 1 unspecified atom stereocenters. The third kappa shape index (κ3) is 3.01. The molecule has 1 N–H and O–H groups in total. The average molecular weight is 279 g/mol. The van der Waals surface area contributed by atoms with Gasteiger partial charge in [-0.15, -0.1) is 0 Å². The standard InChI is InChI=1S/C18H21N3/c1-13-9-14(10-19)3-4-16(13)11-21-8-7-17(12-21)18(20-2)15-5-6-15/h3-4,7-9,12,15,18,20H,5-6,11H2,1-2H3. The fraction of sp³-hybridized carbons (Fsp3) is 0.389. The number of nitrogens with one attached hydrogen (secondary N) is 1. The van der Waals surface area contributed by atoms with Gasteiger partial charge in [0.15, 0.2) is 0 Å². The van der Waals surface area contributed by atoms with Gasteiger partial charge in [0.05, 0.1) is 11.6 Å². The van der Waals surface area contributed by atoms with Crippen LogP contribution in [0.3, 0.4) is 0 Å². The lowest BCUT2D eigenvalue weighted by molar-refractivity contribution is 0.528. The molecule has 1 aliphatic rings. The molecule has 21 heavy (non-hydrogen) atoms. The van der Waals surface area contributed by atoms with Crippen LogP contribution in [0.25, 0.3) is 0 Å². The van der Waals surface area contributed by atoms with E-state index >= 15 is 0 Å². The second-order valence-corrected chi connectivity index (χ2v) is 5.97. The lowest BCUT2D eigenvalue weighted by Gasteiger charge is -2.13. The van der Waals surface area contributed by atoms with Crippen LogP contribution in [0.1, 0.15) is 41.1 Å². The summed E-state index contributed by atoms with van der Waals surface area (Å²) in [5, 5.41) is 12.4. The molecule has 0 aliphatic heterocycles. The molecule has 1 aliphatic carbocycles. The molecule has 108 valence electrons. The van der Waals surface area contributed by atoms with E-state index in [0.717, 1.165) is 18.0 Å². The Balaban J connectivity index is 1.76. The summed E-state index contributed by atoms with van der Waals surface area (Å²) >= 11 is 0. The van der Waals surface area contributed by atoms with Crippen molar-refractivity contribution in [3.8, 4) is 6.07 Å². The van der Waals surface area contributed by atoms with Gasteiger partial charge in [-0.05, 0) is 67.6 Å². The Kier molecular flexibility index (Phi) is 3.81. The largest absolute Gasteiger partial charge is 0.350 e. The summed E-state index contributed by atoms with van der Waals surface area (Å²) in [6.45, 7) is 2.93. The fourth-order valence-corrected chi connectivity index (χ4v) is 2.99. The van der Waals surface area contributed by atoms with Crippen molar-refractivity contribution in [2.24, 2.45) is 5.92 Å². The van der Waals surface area contributed by atoms with Crippen molar-refractivity contribution in [2.45, 2.75) is 32.4 Å². The number of aryl methyl sites for hydroxylation is 1. The summed E-state index contributed by atoms with van der Waals surface area (Å²) in [4.78, 5) is 0. The Morgan fingerprint density at radius 3 is 2.81 bits per heavy atom. The third-order valence-electron chi connectivity index (χ3n) is 4.36. The van der Waals surface area contributed by atoms with Crippen molar-refractivity contribution in [3.63, 3.8) is 0 Å². The molecule has 1 saturated carbocycles. The van der Waals surface area contributed by atoms with Gasteiger partial charge in [0, 0.05) is 25.0 Å². The Hall–Kier alpha value is -2.05. The Morgan fingerprint density at radius 2 is 2.19 bits per heavy atom. The van der Waals surface area contributed by atoms with Gasteiger partial charge in [0.2, 0.25) is 0 Å². The topological polar surface area (TPSA) is 40.8 Å². The maximum atomic E-state index is 8.93.